The van der Waals surface area contributed by atoms with Gasteiger partial charge < -0.3 is 4.42 Å². The fraction of sp³-hybridized carbons (Fsp3) is 0.143. The van der Waals surface area contributed by atoms with Gasteiger partial charge in [-0.05, 0) is 36.8 Å². The number of amides is 1. The third-order valence-corrected chi connectivity index (χ3v) is 2.83. The van der Waals surface area contributed by atoms with Gasteiger partial charge >= 0.3 is 0 Å². The molecule has 0 fully saturated rings. The maximum absolute atomic E-state index is 12.0. The van der Waals surface area contributed by atoms with Crippen molar-refractivity contribution in [3.05, 3.63) is 54.0 Å². The van der Waals surface area contributed by atoms with Crippen LogP contribution in [0.15, 0.2) is 52.2 Å². The van der Waals surface area contributed by atoms with E-state index in [0.717, 1.165) is 11.3 Å². The summed E-state index contributed by atoms with van der Waals surface area (Å²) in [6, 6.07) is 11.3. The van der Waals surface area contributed by atoms with Crippen molar-refractivity contribution in [1.82, 2.24) is 0 Å². The first-order valence-electron chi connectivity index (χ1n) is 5.75. The summed E-state index contributed by atoms with van der Waals surface area (Å²) >= 11 is 0. The van der Waals surface area contributed by atoms with Crippen LogP contribution in [0.3, 0.4) is 0 Å². The number of anilines is 1. The van der Waals surface area contributed by atoms with Crippen LogP contribution in [0, 0.1) is 6.92 Å². The average Bonchev–Trinajstić information content (AvgIpc) is 2.97. The number of benzene rings is 1. The maximum atomic E-state index is 12.0. The van der Waals surface area contributed by atoms with Gasteiger partial charge in [-0.3, -0.25) is 4.79 Å². The Hall–Kier alpha value is -2.36. The Morgan fingerprint density at radius 2 is 2.17 bits per heavy atom. The smallest absolute Gasteiger partial charge is 0.253 e. The van der Waals surface area contributed by atoms with Crippen LogP contribution in [0.4, 0.5) is 5.69 Å². The van der Waals surface area contributed by atoms with Crippen LogP contribution in [0.1, 0.15) is 17.7 Å². The van der Waals surface area contributed by atoms with Gasteiger partial charge in [0.05, 0.1) is 18.4 Å². The largest absolute Gasteiger partial charge is 0.463 e. The molecule has 0 saturated heterocycles. The first-order chi connectivity index (χ1) is 8.74. The second-order valence-corrected chi connectivity index (χ2v) is 4.25. The highest BCUT2D eigenvalue weighted by Crippen LogP contribution is 2.23. The van der Waals surface area contributed by atoms with Crippen molar-refractivity contribution in [2.24, 2.45) is 5.10 Å². The summed E-state index contributed by atoms with van der Waals surface area (Å²) in [6.07, 6.45) is 1.86. The van der Waals surface area contributed by atoms with Gasteiger partial charge in [-0.15, -0.1) is 0 Å². The summed E-state index contributed by atoms with van der Waals surface area (Å²) in [6.45, 7) is 1.99. The number of hydrogen-bond acceptors (Lipinski definition) is 3. The molecule has 0 saturated carbocycles. The van der Waals surface area contributed by atoms with Crippen LogP contribution in [-0.2, 0) is 4.79 Å². The molecule has 0 bridgehead atoms. The summed E-state index contributed by atoms with van der Waals surface area (Å²) < 4.78 is 5.26. The lowest BCUT2D eigenvalue weighted by atomic mass is 10.2. The molecule has 18 heavy (non-hydrogen) atoms. The van der Waals surface area contributed by atoms with E-state index in [1.165, 1.54) is 5.01 Å². The van der Waals surface area contributed by atoms with Crippen molar-refractivity contribution >= 4 is 17.3 Å². The summed E-state index contributed by atoms with van der Waals surface area (Å²) in [5.41, 5.74) is 2.56. The fourth-order valence-electron chi connectivity index (χ4n) is 1.97. The highest BCUT2D eigenvalue weighted by atomic mass is 16.3. The zero-order valence-electron chi connectivity index (χ0n) is 9.96. The minimum Gasteiger partial charge on any atom is -0.463 e. The van der Waals surface area contributed by atoms with Crippen LogP contribution in [0.25, 0.3) is 0 Å². The lowest BCUT2D eigenvalue weighted by Crippen LogP contribution is -2.19. The van der Waals surface area contributed by atoms with Crippen LogP contribution < -0.4 is 5.01 Å². The molecule has 1 aromatic carbocycles. The number of aryl methyl sites for hydroxylation is 1. The number of carbonyl (C=O) groups is 1. The fourth-order valence-corrected chi connectivity index (χ4v) is 1.97. The average molecular weight is 240 g/mol. The molecule has 2 heterocycles. The number of hydrogen-bond donors (Lipinski definition) is 0. The molecule has 2 aromatic rings. The van der Waals surface area contributed by atoms with Gasteiger partial charge in [-0.1, -0.05) is 12.1 Å². The molecule has 90 valence electrons. The Morgan fingerprint density at radius 1 is 1.28 bits per heavy atom. The van der Waals surface area contributed by atoms with Crippen molar-refractivity contribution < 1.29 is 9.21 Å². The normalized spacial score (nSPS) is 15.1. The number of furan rings is 1. The molecule has 0 spiro atoms. The van der Waals surface area contributed by atoms with E-state index >= 15 is 0 Å². The number of carbonyl (C=O) groups excluding carboxylic acids is 1. The minimum atomic E-state index is -0.0352. The zero-order valence-corrected chi connectivity index (χ0v) is 9.96. The van der Waals surface area contributed by atoms with E-state index in [2.05, 4.69) is 5.10 Å². The Morgan fingerprint density at radius 3 is 2.89 bits per heavy atom. The molecule has 0 atom stereocenters. The van der Waals surface area contributed by atoms with Crippen LogP contribution in [0.2, 0.25) is 0 Å². The van der Waals surface area contributed by atoms with E-state index in [0.29, 0.717) is 11.5 Å². The van der Waals surface area contributed by atoms with E-state index in [1.807, 2.05) is 37.3 Å². The molecule has 1 amide bonds. The van der Waals surface area contributed by atoms with Crippen LogP contribution in [-0.4, -0.2) is 11.6 Å². The number of nitrogens with zero attached hydrogens (tertiary/aromatic N) is 2. The Labute approximate surface area is 105 Å². The van der Waals surface area contributed by atoms with Gasteiger partial charge in [0.15, 0.2) is 0 Å². The third-order valence-electron chi connectivity index (χ3n) is 2.83. The van der Waals surface area contributed by atoms with Gasteiger partial charge in [-0.25, -0.2) is 5.01 Å². The molecule has 3 rings (SSSR count). The van der Waals surface area contributed by atoms with Gasteiger partial charge in [0.25, 0.3) is 5.91 Å². The van der Waals surface area contributed by atoms with Crippen molar-refractivity contribution in [2.45, 2.75) is 13.3 Å². The van der Waals surface area contributed by atoms with Crippen LogP contribution in [0.5, 0.6) is 0 Å². The van der Waals surface area contributed by atoms with E-state index < -0.39 is 0 Å². The molecule has 0 radical (unpaired) electrons. The molecule has 4 heteroatoms. The Balaban J connectivity index is 1.96. The second kappa shape index (κ2) is 4.14. The lowest BCUT2D eigenvalue weighted by molar-refractivity contribution is -0.116. The topological polar surface area (TPSA) is 45.8 Å². The van der Waals surface area contributed by atoms with Crippen molar-refractivity contribution in [3.8, 4) is 0 Å². The lowest BCUT2D eigenvalue weighted by Gasteiger charge is -2.11. The Bertz CT molecular complexity index is 614. The summed E-state index contributed by atoms with van der Waals surface area (Å²) in [7, 11) is 0. The predicted octanol–water partition coefficient (Wildman–Crippen LogP) is 2.73. The van der Waals surface area contributed by atoms with Crippen LogP contribution >= 0.6 is 0 Å². The van der Waals surface area contributed by atoms with Gasteiger partial charge in [-0.2, -0.15) is 5.10 Å². The quantitative estimate of drug-likeness (QED) is 0.810. The van der Waals surface area contributed by atoms with Gasteiger partial charge in [0.2, 0.25) is 0 Å². The van der Waals surface area contributed by atoms with Crippen molar-refractivity contribution in [1.29, 1.82) is 0 Å². The predicted molar refractivity (Wildman–Crippen MR) is 68.5 cm³/mol. The molecular formula is C14H12N2O2. The summed E-state index contributed by atoms with van der Waals surface area (Å²) in [5.74, 6) is 0.616. The van der Waals surface area contributed by atoms with Gasteiger partial charge in [0, 0.05) is 0 Å². The molecule has 1 aliphatic rings. The standard InChI is InChI=1S/C14H12N2O2/c1-10-4-2-5-11(8-10)16-14(17)9-12(15-16)13-6-3-7-18-13/h2-8H,9H2,1H3. The van der Waals surface area contributed by atoms with Gasteiger partial charge in [0.1, 0.15) is 11.5 Å². The molecule has 0 unspecified atom stereocenters. The third kappa shape index (κ3) is 1.82. The van der Waals surface area contributed by atoms with E-state index in [4.69, 9.17) is 4.42 Å². The first kappa shape index (κ1) is 10.8. The molecule has 1 aliphatic heterocycles. The van der Waals surface area contributed by atoms with Crippen molar-refractivity contribution in [3.63, 3.8) is 0 Å². The zero-order chi connectivity index (χ0) is 12.5. The molecule has 4 nitrogen and oxygen atoms in total. The molecular weight excluding hydrogens is 228 g/mol. The van der Waals surface area contributed by atoms with Crippen molar-refractivity contribution in [2.75, 3.05) is 5.01 Å². The highest BCUT2D eigenvalue weighted by Gasteiger charge is 2.27. The Kier molecular flexibility index (Phi) is 2.48. The molecule has 0 aliphatic carbocycles. The second-order valence-electron chi connectivity index (χ2n) is 4.25. The monoisotopic (exact) mass is 240 g/mol. The van der Waals surface area contributed by atoms with E-state index in [9.17, 15) is 4.79 Å². The number of rotatable bonds is 2. The molecule has 0 N–H and O–H groups in total. The summed E-state index contributed by atoms with van der Waals surface area (Å²) in [5, 5.41) is 5.76. The summed E-state index contributed by atoms with van der Waals surface area (Å²) in [4.78, 5) is 12.0. The molecule has 1 aromatic heterocycles. The minimum absolute atomic E-state index is 0.0352. The number of hydrazone groups is 1. The van der Waals surface area contributed by atoms with E-state index in [1.54, 1.807) is 12.3 Å². The highest BCUT2D eigenvalue weighted by molar-refractivity contribution is 6.18. The maximum Gasteiger partial charge on any atom is 0.253 e. The SMILES string of the molecule is Cc1cccc(N2N=C(c3ccco3)CC2=O)c1. The van der Waals surface area contributed by atoms with E-state index in [-0.39, 0.29) is 12.3 Å². The first-order valence-corrected chi connectivity index (χ1v) is 5.75.